The minimum Gasteiger partial charge on any atom is -0.497 e. The molecule has 27 heavy (non-hydrogen) atoms. The molecule has 0 radical (unpaired) electrons. The van der Waals surface area contributed by atoms with Crippen LogP contribution in [0.2, 0.25) is 0 Å². The van der Waals surface area contributed by atoms with Crippen LogP contribution in [0.3, 0.4) is 0 Å². The summed E-state index contributed by atoms with van der Waals surface area (Å²) in [5, 5.41) is 0. The van der Waals surface area contributed by atoms with Crippen LogP contribution >= 0.6 is 11.3 Å². The Balaban J connectivity index is 1.67. The number of methoxy groups -OCH3 is 1. The summed E-state index contributed by atoms with van der Waals surface area (Å²) in [6.07, 6.45) is 4.20. The number of anilines is 1. The van der Waals surface area contributed by atoms with Gasteiger partial charge >= 0.3 is 0 Å². The summed E-state index contributed by atoms with van der Waals surface area (Å²) in [5.74, 6) is 1.08. The first-order valence-corrected chi connectivity index (χ1v) is 10.8. The second kappa shape index (κ2) is 9.27. The fourth-order valence-corrected chi connectivity index (χ4v) is 4.96. The molecule has 0 atom stereocenters. The average molecular weight is 387 g/mol. The first-order chi connectivity index (χ1) is 13.2. The lowest BCUT2D eigenvalue weighted by Gasteiger charge is -2.23. The second-order valence-electron chi connectivity index (χ2n) is 6.99. The number of hydrogen-bond acceptors (Lipinski definition) is 4. The van der Waals surface area contributed by atoms with Crippen LogP contribution in [0.1, 0.15) is 46.8 Å². The summed E-state index contributed by atoms with van der Waals surface area (Å²) in [6, 6.07) is 10.3. The van der Waals surface area contributed by atoms with Crippen LogP contribution in [0.15, 0.2) is 30.3 Å². The van der Waals surface area contributed by atoms with Crippen LogP contribution < -0.4 is 9.64 Å². The lowest BCUT2D eigenvalue weighted by molar-refractivity contribution is 0.0772. The van der Waals surface area contributed by atoms with E-state index in [2.05, 4.69) is 36.9 Å². The van der Waals surface area contributed by atoms with Gasteiger partial charge in [-0.05, 0) is 55.2 Å². The standard InChI is InChI=1S/C22H30N2O2S/c1-4-7-20-17(5-2)16-21(27-20)22(25)24-13-6-12-23(14-15-24)18-8-10-19(26-3)11-9-18/h8-11,16H,4-7,12-15H2,1-3H3. The van der Waals surface area contributed by atoms with Crippen molar-refractivity contribution in [2.45, 2.75) is 39.5 Å². The Bertz CT molecular complexity index is 754. The Morgan fingerprint density at radius 2 is 1.89 bits per heavy atom. The van der Waals surface area contributed by atoms with Gasteiger partial charge in [-0.15, -0.1) is 11.3 Å². The molecule has 2 aromatic rings. The van der Waals surface area contributed by atoms with E-state index in [0.717, 1.165) is 62.5 Å². The van der Waals surface area contributed by atoms with E-state index < -0.39 is 0 Å². The Morgan fingerprint density at radius 1 is 1.11 bits per heavy atom. The predicted octanol–water partition coefficient (Wildman–Crippen LogP) is 4.62. The highest BCUT2D eigenvalue weighted by Crippen LogP contribution is 2.27. The highest BCUT2D eigenvalue weighted by Gasteiger charge is 2.23. The lowest BCUT2D eigenvalue weighted by Crippen LogP contribution is -2.34. The molecule has 1 fully saturated rings. The van der Waals surface area contributed by atoms with Gasteiger partial charge in [0.25, 0.3) is 5.91 Å². The number of carbonyl (C=O) groups excluding carboxylic acids is 1. The molecule has 1 aliphatic rings. The second-order valence-corrected chi connectivity index (χ2v) is 8.13. The molecule has 0 bridgehead atoms. The summed E-state index contributed by atoms with van der Waals surface area (Å²) in [6.45, 7) is 7.81. The maximum Gasteiger partial charge on any atom is 0.263 e. The fourth-order valence-electron chi connectivity index (χ4n) is 3.64. The Morgan fingerprint density at radius 3 is 2.56 bits per heavy atom. The van der Waals surface area contributed by atoms with Gasteiger partial charge in [0, 0.05) is 36.7 Å². The highest BCUT2D eigenvalue weighted by molar-refractivity contribution is 7.14. The molecule has 0 unspecified atom stereocenters. The number of thiophene rings is 1. The molecule has 3 rings (SSSR count). The minimum absolute atomic E-state index is 0.202. The number of amides is 1. The minimum atomic E-state index is 0.202. The largest absolute Gasteiger partial charge is 0.497 e. The molecule has 2 heterocycles. The number of nitrogens with zero attached hydrogens (tertiary/aromatic N) is 2. The molecule has 146 valence electrons. The Kier molecular flexibility index (Phi) is 6.78. The number of aryl methyl sites for hydroxylation is 2. The fraction of sp³-hybridized carbons (Fsp3) is 0.500. The van der Waals surface area contributed by atoms with Gasteiger partial charge in [0.15, 0.2) is 0 Å². The third-order valence-corrected chi connectivity index (χ3v) is 6.41. The summed E-state index contributed by atoms with van der Waals surface area (Å²) in [7, 11) is 1.69. The maximum absolute atomic E-state index is 13.1. The zero-order valence-electron chi connectivity index (χ0n) is 16.7. The smallest absolute Gasteiger partial charge is 0.263 e. The maximum atomic E-state index is 13.1. The van der Waals surface area contributed by atoms with Crippen molar-refractivity contribution in [1.82, 2.24) is 4.90 Å². The molecule has 0 N–H and O–H groups in total. The van der Waals surface area contributed by atoms with Gasteiger partial charge < -0.3 is 14.5 Å². The third-order valence-electron chi connectivity index (χ3n) is 5.19. The molecule has 0 aliphatic carbocycles. The first-order valence-electron chi connectivity index (χ1n) is 9.96. The van der Waals surface area contributed by atoms with Crippen LogP contribution in [0.4, 0.5) is 5.69 Å². The van der Waals surface area contributed by atoms with Gasteiger partial charge in [-0.25, -0.2) is 0 Å². The van der Waals surface area contributed by atoms with Gasteiger partial charge in [0.05, 0.1) is 12.0 Å². The van der Waals surface area contributed by atoms with Crippen LogP contribution in [0, 0.1) is 0 Å². The van der Waals surface area contributed by atoms with Gasteiger partial charge in [0.1, 0.15) is 5.75 Å². The van der Waals surface area contributed by atoms with Gasteiger partial charge in [-0.2, -0.15) is 0 Å². The molecule has 1 aromatic heterocycles. The van der Waals surface area contributed by atoms with E-state index in [1.165, 1.54) is 16.1 Å². The number of rotatable bonds is 6. The normalized spacial score (nSPS) is 14.9. The Hall–Kier alpha value is -2.01. The number of hydrogen-bond donors (Lipinski definition) is 0. The molecular weight excluding hydrogens is 356 g/mol. The molecule has 1 aromatic carbocycles. The van der Waals surface area contributed by atoms with Crippen LogP contribution in [0.5, 0.6) is 5.75 Å². The zero-order chi connectivity index (χ0) is 19.2. The Labute approximate surface area is 166 Å². The van der Waals surface area contributed by atoms with Crippen molar-refractivity contribution in [2.75, 3.05) is 38.2 Å². The molecule has 1 aliphatic heterocycles. The van der Waals surface area contributed by atoms with Crippen LogP contribution in [-0.2, 0) is 12.8 Å². The molecular formula is C22H30N2O2S. The highest BCUT2D eigenvalue weighted by atomic mass is 32.1. The van der Waals surface area contributed by atoms with Crippen molar-refractivity contribution in [3.63, 3.8) is 0 Å². The van der Waals surface area contributed by atoms with Crippen LogP contribution in [0.25, 0.3) is 0 Å². The van der Waals surface area contributed by atoms with E-state index in [-0.39, 0.29) is 5.91 Å². The SMILES string of the molecule is CCCc1sc(C(=O)N2CCCN(c3ccc(OC)cc3)CC2)cc1CC. The third kappa shape index (κ3) is 4.64. The van der Waals surface area contributed by atoms with E-state index in [1.54, 1.807) is 18.4 Å². The summed E-state index contributed by atoms with van der Waals surface area (Å²) in [5.41, 5.74) is 2.54. The van der Waals surface area contributed by atoms with Crippen molar-refractivity contribution in [3.05, 3.63) is 45.6 Å². The first kappa shape index (κ1) is 19.7. The number of benzene rings is 1. The monoisotopic (exact) mass is 386 g/mol. The molecule has 5 heteroatoms. The van der Waals surface area contributed by atoms with Gasteiger partial charge in [0.2, 0.25) is 0 Å². The summed E-state index contributed by atoms with van der Waals surface area (Å²) in [4.78, 5) is 19.8. The van der Waals surface area contributed by atoms with Crippen molar-refractivity contribution in [1.29, 1.82) is 0 Å². The van der Waals surface area contributed by atoms with E-state index in [1.807, 2.05) is 17.0 Å². The number of ether oxygens (including phenoxy) is 1. The topological polar surface area (TPSA) is 32.8 Å². The van der Waals surface area contributed by atoms with Crippen molar-refractivity contribution >= 4 is 22.9 Å². The zero-order valence-corrected chi connectivity index (χ0v) is 17.5. The van der Waals surface area contributed by atoms with E-state index in [0.29, 0.717) is 0 Å². The lowest BCUT2D eigenvalue weighted by atomic mass is 10.1. The molecule has 4 nitrogen and oxygen atoms in total. The molecule has 0 spiro atoms. The predicted molar refractivity (Wildman–Crippen MR) is 113 cm³/mol. The molecule has 0 saturated carbocycles. The van der Waals surface area contributed by atoms with E-state index in [4.69, 9.17) is 4.74 Å². The van der Waals surface area contributed by atoms with Crippen molar-refractivity contribution < 1.29 is 9.53 Å². The van der Waals surface area contributed by atoms with E-state index in [9.17, 15) is 4.79 Å². The van der Waals surface area contributed by atoms with Crippen molar-refractivity contribution in [3.8, 4) is 5.75 Å². The van der Waals surface area contributed by atoms with Gasteiger partial charge in [-0.1, -0.05) is 20.3 Å². The molecule has 1 amide bonds. The average Bonchev–Trinajstić information content (AvgIpc) is 2.95. The summed E-state index contributed by atoms with van der Waals surface area (Å²) >= 11 is 1.70. The van der Waals surface area contributed by atoms with Gasteiger partial charge in [-0.3, -0.25) is 4.79 Å². The van der Waals surface area contributed by atoms with Crippen molar-refractivity contribution in [2.24, 2.45) is 0 Å². The van der Waals surface area contributed by atoms with E-state index >= 15 is 0 Å². The number of carbonyl (C=O) groups is 1. The quantitative estimate of drug-likeness (QED) is 0.726. The van der Waals surface area contributed by atoms with Crippen LogP contribution in [-0.4, -0.2) is 44.1 Å². The summed E-state index contributed by atoms with van der Waals surface area (Å²) < 4.78 is 5.25. The molecule has 1 saturated heterocycles.